The van der Waals surface area contributed by atoms with Crippen molar-refractivity contribution in [3.05, 3.63) is 47.5 Å². The fraction of sp³-hybridized carbons (Fsp3) is 0.500. The second-order valence-corrected chi connectivity index (χ2v) is 11.0. The molecular weight excluding hydrogens is 304 g/mol. The zero-order valence-electron chi connectivity index (χ0n) is 13.5. The Kier molecular flexibility index (Phi) is 6.57. The van der Waals surface area contributed by atoms with E-state index in [1.54, 1.807) is 0 Å². The van der Waals surface area contributed by atoms with E-state index in [9.17, 15) is 0 Å². The van der Waals surface area contributed by atoms with E-state index >= 15 is 0 Å². The van der Waals surface area contributed by atoms with Gasteiger partial charge in [-0.05, 0) is 70.8 Å². The summed E-state index contributed by atoms with van der Waals surface area (Å²) in [5.74, 6) is 8.46. The molecule has 22 heavy (non-hydrogen) atoms. The van der Waals surface area contributed by atoms with Gasteiger partial charge in [0.25, 0.3) is 0 Å². The van der Waals surface area contributed by atoms with Crippen LogP contribution in [0.3, 0.4) is 0 Å². The van der Waals surface area contributed by atoms with Gasteiger partial charge in [-0.25, -0.2) is 0 Å². The van der Waals surface area contributed by atoms with Crippen molar-refractivity contribution in [1.29, 1.82) is 0 Å². The van der Waals surface area contributed by atoms with Gasteiger partial charge in [-0.15, -0.1) is 0 Å². The fourth-order valence-electron chi connectivity index (χ4n) is 3.12. The quantitative estimate of drug-likeness (QED) is 0.671. The summed E-state index contributed by atoms with van der Waals surface area (Å²) in [5.41, 5.74) is 2.69. The first-order valence-electron chi connectivity index (χ1n) is 8.61. The number of benzene rings is 1. The molecule has 0 aliphatic carbocycles. The highest BCUT2D eigenvalue weighted by Gasteiger charge is 2.22. The lowest BCUT2D eigenvalue weighted by molar-refractivity contribution is 0.949. The number of hydrogen-bond acceptors (Lipinski definition) is 0. The Balaban J connectivity index is 1.44. The molecular formula is C20H28S2+2. The summed E-state index contributed by atoms with van der Waals surface area (Å²) in [4.78, 5) is 0. The molecule has 2 heterocycles. The predicted octanol–water partition coefficient (Wildman–Crippen LogP) is 4.54. The van der Waals surface area contributed by atoms with Crippen molar-refractivity contribution in [3.63, 3.8) is 0 Å². The van der Waals surface area contributed by atoms with Crippen LogP contribution in [0.2, 0.25) is 0 Å². The lowest BCUT2D eigenvalue weighted by Gasteiger charge is -1.98. The third-order valence-electron chi connectivity index (χ3n) is 4.45. The molecule has 0 atom stereocenters. The van der Waals surface area contributed by atoms with Gasteiger partial charge in [0.1, 0.15) is 34.5 Å². The Labute approximate surface area is 141 Å². The minimum absolute atomic E-state index is 0.692. The first-order valence-corrected chi connectivity index (χ1v) is 12.1. The highest BCUT2D eigenvalue weighted by Crippen LogP contribution is 2.16. The summed E-state index contributed by atoms with van der Waals surface area (Å²) in [7, 11) is 1.38. The molecule has 0 N–H and O–H groups in total. The largest absolute Gasteiger partial charge is 0.126 e. The second-order valence-electron chi connectivity index (χ2n) is 6.26. The zero-order valence-corrected chi connectivity index (χ0v) is 15.1. The van der Waals surface area contributed by atoms with Crippen LogP contribution >= 0.6 is 0 Å². The van der Waals surface area contributed by atoms with Crippen LogP contribution in [-0.2, 0) is 21.8 Å². The van der Waals surface area contributed by atoms with Gasteiger partial charge < -0.3 is 0 Å². The first kappa shape index (κ1) is 16.3. The maximum absolute atomic E-state index is 2.39. The Morgan fingerprint density at radius 1 is 0.636 bits per heavy atom. The zero-order chi connectivity index (χ0) is 15.0. The molecule has 0 aromatic heterocycles. The molecule has 0 spiro atoms. The molecule has 2 aliphatic rings. The lowest BCUT2D eigenvalue weighted by Crippen LogP contribution is -2.06. The molecule has 3 rings (SSSR count). The van der Waals surface area contributed by atoms with Crippen molar-refractivity contribution in [2.75, 3.05) is 34.5 Å². The Morgan fingerprint density at radius 3 is 1.36 bits per heavy atom. The van der Waals surface area contributed by atoms with E-state index in [0.717, 1.165) is 0 Å². The molecule has 0 bridgehead atoms. The topological polar surface area (TPSA) is 0 Å². The maximum Gasteiger partial charge on any atom is 0.126 e. The predicted molar refractivity (Wildman–Crippen MR) is 107 cm³/mol. The van der Waals surface area contributed by atoms with E-state index in [0.29, 0.717) is 21.8 Å². The van der Waals surface area contributed by atoms with E-state index in [1.165, 1.54) is 71.3 Å². The Bertz CT molecular complexity index is 442. The van der Waals surface area contributed by atoms with Crippen LogP contribution < -0.4 is 0 Å². The van der Waals surface area contributed by atoms with Crippen molar-refractivity contribution in [2.45, 2.75) is 25.7 Å². The second kappa shape index (κ2) is 8.88. The van der Waals surface area contributed by atoms with Gasteiger partial charge in [-0.1, -0.05) is 36.4 Å². The van der Waals surface area contributed by atoms with Crippen LogP contribution in [0.15, 0.2) is 36.4 Å². The van der Waals surface area contributed by atoms with Gasteiger partial charge in [0.05, 0.1) is 0 Å². The highest BCUT2D eigenvalue weighted by atomic mass is 32.2. The molecule has 0 unspecified atom stereocenters. The molecule has 0 amide bonds. The van der Waals surface area contributed by atoms with Gasteiger partial charge >= 0.3 is 0 Å². The van der Waals surface area contributed by atoms with Crippen molar-refractivity contribution in [1.82, 2.24) is 0 Å². The van der Waals surface area contributed by atoms with E-state index < -0.39 is 0 Å². The van der Waals surface area contributed by atoms with Crippen molar-refractivity contribution in [3.8, 4) is 0 Å². The normalized spacial score (nSPS) is 20.7. The summed E-state index contributed by atoms with van der Waals surface area (Å²) in [6, 6.07) is 9.02. The Morgan fingerprint density at radius 2 is 1.00 bits per heavy atom. The van der Waals surface area contributed by atoms with Gasteiger partial charge in [0.2, 0.25) is 0 Å². The SMILES string of the molecule is C(=C\c1ccc(/C=C/C[S+]2CCCC2)cc1)/C[S+]1CCCC1. The summed E-state index contributed by atoms with van der Waals surface area (Å²) in [5, 5.41) is 0. The number of hydrogen-bond donors (Lipinski definition) is 0. The molecule has 2 saturated heterocycles. The molecule has 0 radical (unpaired) electrons. The lowest BCUT2D eigenvalue weighted by atomic mass is 10.1. The number of rotatable bonds is 6. The van der Waals surface area contributed by atoms with Crippen LogP contribution in [0.1, 0.15) is 36.8 Å². The molecule has 1 aromatic rings. The van der Waals surface area contributed by atoms with Gasteiger partial charge in [0, 0.05) is 0 Å². The Hall–Kier alpha value is -0.600. The third kappa shape index (κ3) is 5.24. The van der Waals surface area contributed by atoms with E-state index in [2.05, 4.69) is 48.6 Å². The highest BCUT2D eigenvalue weighted by molar-refractivity contribution is 7.97. The van der Waals surface area contributed by atoms with Crippen molar-refractivity contribution in [2.24, 2.45) is 0 Å². The molecule has 118 valence electrons. The van der Waals surface area contributed by atoms with Crippen molar-refractivity contribution < 1.29 is 0 Å². The third-order valence-corrected chi connectivity index (χ3v) is 9.24. The van der Waals surface area contributed by atoms with Gasteiger partial charge in [0.15, 0.2) is 0 Å². The van der Waals surface area contributed by atoms with Crippen LogP contribution in [0.25, 0.3) is 12.2 Å². The molecule has 0 saturated carbocycles. The smallest absolute Gasteiger partial charge is 0.0544 e. The summed E-state index contributed by atoms with van der Waals surface area (Å²) < 4.78 is 0. The first-order chi connectivity index (χ1) is 10.9. The van der Waals surface area contributed by atoms with Crippen molar-refractivity contribution >= 4 is 33.9 Å². The summed E-state index contributed by atoms with van der Waals surface area (Å²) in [6.07, 6.45) is 15.2. The fourth-order valence-corrected chi connectivity index (χ4v) is 7.38. The molecule has 2 heteroatoms. The standard InChI is InChI=1S/C20H28S2/c1-2-14-21(13-1)17-5-7-19-9-11-20(12-10-19)8-6-18-22-15-3-4-16-22/h5-12H,1-4,13-18H2/q+2/b7-5+,8-6+. The van der Waals surface area contributed by atoms with Crippen LogP contribution in [-0.4, -0.2) is 34.5 Å². The van der Waals surface area contributed by atoms with Crippen LogP contribution in [0, 0.1) is 0 Å². The average molecular weight is 333 g/mol. The molecule has 0 nitrogen and oxygen atoms in total. The maximum atomic E-state index is 2.39. The average Bonchev–Trinajstić information content (AvgIpc) is 3.22. The van der Waals surface area contributed by atoms with E-state index in [4.69, 9.17) is 0 Å². The summed E-state index contributed by atoms with van der Waals surface area (Å²) >= 11 is 0. The van der Waals surface area contributed by atoms with E-state index in [-0.39, 0.29) is 0 Å². The monoisotopic (exact) mass is 332 g/mol. The minimum atomic E-state index is 0.692. The minimum Gasteiger partial charge on any atom is -0.0544 e. The van der Waals surface area contributed by atoms with Crippen LogP contribution in [0.4, 0.5) is 0 Å². The van der Waals surface area contributed by atoms with Gasteiger partial charge in [-0.2, -0.15) is 0 Å². The van der Waals surface area contributed by atoms with Gasteiger partial charge in [-0.3, -0.25) is 0 Å². The molecule has 1 aromatic carbocycles. The van der Waals surface area contributed by atoms with Crippen LogP contribution in [0.5, 0.6) is 0 Å². The van der Waals surface area contributed by atoms with E-state index in [1.807, 2.05) is 0 Å². The molecule has 2 fully saturated rings. The molecule has 2 aliphatic heterocycles. The summed E-state index contributed by atoms with van der Waals surface area (Å²) in [6.45, 7) is 0.